The van der Waals surface area contributed by atoms with Crippen LogP contribution < -0.4 is 19.9 Å². The topological polar surface area (TPSA) is 91.0 Å². The first-order valence-electron chi connectivity index (χ1n) is 9.58. The van der Waals surface area contributed by atoms with Crippen LogP contribution in [0.2, 0.25) is 0 Å². The molecule has 0 saturated heterocycles. The largest absolute Gasteiger partial charge is 0.544 e. The first-order valence-corrected chi connectivity index (χ1v) is 9.58. The second kappa shape index (κ2) is 7.56. The maximum Gasteiger partial charge on any atom is 0.161 e. The minimum absolute atomic E-state index is 0.187. The molecule has 2 atom stereocenters. The number of ether oxygens (including phenoxy) is 2. The number of carbonyl (C=O) groups excluding carboxylic acids is 1. The van der Waals surface area contributed by atoms with Crippen molar-refractivity contribution in [3.05, 3.63) is 59.3 Å². The third kappa shape index (κ3) is 3.20. The highest BCUT2D eigenvalue weighted by Crippen LogP contribution is 2.35. The van der Waals surface area contributed by atoms with E-state index in [1.54, 1.807) is 7.11 Å². The number of carboxylic acid groups (broad SMARTS) is 1. The lowest BCUT2D eigenvalue weighted by Gasteiger charge is -2.29. The molecule has 0 fully saturated rings. The van der Waals surface area contributed by atoms with Gasteiger partial charge in [0.25, 0.3) is 0 Å². The van der Waals surface area contributed by atoms with Crippen molar-refractivity contribution in [2.45, 2.75) is 31.8 Å². The third-order valence-corrected chi connectivity index (χ3v) is 5.32. The second-order valence-corrected chi connectivity index (χ2v) is 7.12. The number of aromatic nitrogens is 1. The second-order valence-electron chi connectivity index (χ2n) is 7.12. The van der Waals surface area contributed by atoms with E-state index in [4.69, 9.17) is 9.47 Å². The third-order valence-electron chi connectivity index (χ3n) is 5.32. The zero-order valence-electron chi connectivity index (χ0n) is 16.0. The summed E-state index contributed by atoms with van der Waals surface area (Å²) in [5.74, 6) is 0.292. The van der Waals surface area contributed by atoms with Crippen LogP contribution in [0, 0.1) is 0 Å². The van der Waals surface area contributed by atoms with E-state index in [2.05, 4.69) is 11.9 Å². The van der Waals surface area contributed by atoms with E-state index < -0.39 is 12.0 Å². The molecule has 3 N–H and O–H groups in total. The summed E-state index contributed by atoms with van der Waals surface area (Å²) < 4.78 is 11.3. The Kier molecular flexibility index (Phi) is 4.96. The van der Waals surface area contributed by atoms with Crippen LogP contribution in [0.3, 0.4) is 0 Å². The Bertz CT molecular complexity index is 1010. The predicted octanol–water partition coefficient (Wildman–Crippen LogP) is 1.29. The van der Waals surface area contributed by atoms with Gasteiger partial charge in [0.1, 0.15) is 6.04 Å². The van der Waals surface area contributed by atoms with E-state index in [-0.39, 0.29) is 6.04 Å². The number of H-pyrrole nitrogens is 1. The molecule has 146 valence electrons. The number of hydrogen-bond acceptors (Lipinski definition) is 4. The van der Waals surface area contributed by atoms with Gasteiger partial charge in [-0.15, -0.1) is 0 Å². The van der Waals surface area contributed by atoms with Crippen LogP contribution >= 0.6 is 0 Å². The van der Waals surface area contributed by atoms with Gasteiger partial charge in [0.05, 0.1) is 25.4 Å². The predicted molar refractivity (Wildman–Crippen MR) is 103 cm³/mol. The molecular weight excluding hydrogens is 356 g/mol. The fourth-order valence-corrected chi connectivity index (χ4v) is 3.97. The van der Waals surface area contributed by atoms with E-state index >= 15 is 0 Å². The van der Waals surface area contributed by atoms with Crippen molar-refractivity contribution in [1.82, 2.24) is 4.98 Å². The molecule has 0 aliphatic carbocycles. The number of methoxy groups -OCH3 is 1. The number of nitrogens with one attached hydrogen (secondary N) is 1. The lowest BCUT2D eigenvalue weighted by Crippen LogP contribution is -2.95. The normalized spacial score (nSPS) is 18.6. The smallest absolute Gasteiger partial charge is 0.161 e. The fourth-order valence-electron chi connectivity index (χ4n) is 3.97. The molecule has 0 amide bonds. The summed E-state index contributed by atoms with van der Waals surface area (Å²) >= 11 is 0. The zero-order chi connectivity index (χ0) is 19.7. The average Bonchev–Trinajstić information content (AvgIpc) is 3.10. The summed E-state index contributed by atoms with van der Waals surface area (Å²) in [6.45, 7) is 2.67. The van der Waals surface area contributed by atoms with Crippen LogP contribution in [0.25, 0.3) is 10.9 Å². The quantitative estimate of drug-likeness (QED) is 0.674. The van der Waals surface area contributed by atoms with Crippen molar-refractivity contribution in [1.29, 1.82) is 0 Å². The number of carbonyl (C=O) groups is 1. The maximum absolute atomic E-state index is 11.7. The number of carboxylic acids is 1. The van der Waals surface area contributed by atoms with Gasteiger partial charge in [-0.05, 0) is 36.2 Å². The number of quaternary nitrogens is 1. The molecule has 0 saturated carbocycles. The monoisotopic (exact) mass is 380 g/mol. The average molecular weight is 380 g/mol. The molecule has 0 spiro atoms. The van der Waals surface area contributed by atoms with E-state index in [1.807, 2.05) is 47.8 Å². The number of nitrogens with two attached hydrogens (primary N) is 1. The Hall–Kier alpha value is -2.99. The van der Waals surface area contributed by atoms with Crippen LogP contribution in [-0.2, 0) is 11.2 Å². The fraction of sp³-hybridized carbons (Fsp3) is 0.318. The van der Waals surface area contributed by atoms with Crippen LogP contribution in [0.4, 0.5) is 0 Å². The molecule has 1 aliphatic heterocycles. The summed E-state index contributed by atoms with van der Waals surface area (Å²) in [6, 6.07) is 13.0. The molecule has 1 aliphatic rings. The molecule has 1 aromatic heterocycles. The highest BCUT2D eigenvalue weighted by molar-refractivity contribution is 5.86. The van der Waals surface area contributed by atoms with Crippen molar-refractivity contribution in [3.8, 4) is 11.5 Å². The van der Waals surface area contributed by atoms with E-state index in [1.165, 1.54) is 0 Å². The zero-order valence-corrected chi connectivity index (χ0v) is 16.0. The lowest BCUT2D eigenvalue weighted by atomic mass is 9.90. The SMILES string of the molecule is CCCOc1ccc([C@@H]2[NH2+][C@@H](C(=O)[O-])Cc3c2[nH]c2ccccc32)cc1OC. The van der Waals surface area contributed by atoms with Gasteiger partial charge < -0.3 is 29.7 Å². The number of hydrogen-bond donors (Lipinski definition) is 2. The first-order chi connectivity index (χ1) is 13.6. The molecule has 0 unspecified atom stereocenters. The van der Waals surface area contributed by atoms with Crippen molar-refractivity contribution < 1.29 is 24.7 Å². The molecule has 4 rings (SSSR count). The molecule has 2 aromatic carbocycles. The minimum Gasteiger partial charge on any atom is -0.544 e. The molecule has 6 heteroatoms. The van der Waals surface area contributed by atoms with Crippen LogP contribution in [0.5, 0.6) is 11.5 Å². The Morgan fingerprint density at radius 1 is 1.25 bits per heavy atom. The summed E-state index contributed by atoms with van der Waals surface area (Å²) in [5, 5.41) is 14.6. The maximum atomic E-state index is 11.7. The molecule has 0 radical (unpaired) electrons. The standard InChI is InChI=1S/C22H24N2O4/c1-3-10-28-18-9-8-13(11-19(18)27-2)20-21-15(12-17(24-20)22(25)26)14-6-4-5-7-16(14)23-21/h4-9,11,17,20,23-24H,3,10,12H2,1-2H3,(H,25,26)/t17-,20+/m1/s1. The van der Waals surface area contributed by atoms with E-state index in [0.29, 0.717) is 24.5 Å². The van der Waals surface area contributed by atoms with Gasteiger partial charge in [0.15, 0.2) is 17.5 Å². The van der Waals surface area contributed by atoms with Gasteiger partial charge in [0.2, 0.25) is 0 Å². The van der Waals surface area contributed by atoms with E-state index in [9.17, 15) is 9.90 Å². The van der Waals surface area contributed by atoms with Crippen LogP contribution in [0.15, 0.2) is 42.5 Å². The lowest BCUT2D eigenvalue weighted by molar-refractivity contribution is -0.717. The van der Waals surface area contributed by atoms with Crippen LogP contribution in [0.1, 0.15) is 36.2 Å². The summed E-state index contributed by atoms with van der Waals surface area (Å²) in [4.78, 5) is 15.2. The molecule has 28 heavy (non-hydrogen) atoms. The van der Waals surface area contributed by atoms with Gasteiger partial charge in [-0.2, -0.15) is 0 Å². The van der Waals surface area contributed by atoms with Gasteiger partial charge in [0, 0.05) is 22.9 Å². The highest BCUT2D eigenvalue weighted by Gasteiger charge is 2.35. The van der Waals surface area contributed by atoms with Crippen molar-refractivity contribution in [3.63, 3.8) is 0 Å². The van der Waals surface area contributed by atoms with Gasteiger partial charge in [-0.3, -0.25) is 0 Å². The minimum atomic E-state index is -1.05. The Balaban J connectivity index is 1.79. The Labute approximate surface area is 163 Å². The summed E-state index contributed by atoms with van der Waals surface area (Å²) in [5.41, 5.74) is 4.05. The van der Waals surface area contributed by atoms with E-state index in [0.717, 1.165) is 34.1 Å². The van der Waals surface area contributed by atoms with Crippen molar-refractivity contribution >= 4 is 16.9 Å². The van der Waals surface area contributed by atoms with Crippen LogP contribution in [-0.4, -0.2) is 30.7 Å². The van der Waals surface area contributed by atoms with Crippen molar-refractivity contribution in [2.24, 2.45) is 0 Å². The highest BCUT2D eigenvalue weighted by atomic mass is 16.5. The van der Waals surface area contributed by atoms with Crippen molar-refractivity contribution in [2.75, 3.05) is 13.7 Å². The molecule has 2 heterocycles. The van der Waals surface area contributed by atoms with Gasteiger partial charge in [-0.25, -0.2) is 0 Å². The number of para-hydroxylation sites is 1. The number of fused-ring (bicyclic) bond motifs is 3. The molecule has 3 aromatic rings. The van der Waals surface area contributed by atoms with Gasteiger partial charge in [-0.1, -0.05) is 25.1 Å². The Morgan fingerprint density at radius 2 is 2.07 bits per heavy atom. The summed E-state index contributed by atoms with van der Waals surface area (Å²) in [6.07, 6.45) is 1.35. The first kappa shape index (κ1) is 18.4. The Morgan fingerprint density at radius 3 is 2.82 bits per heavy atom. The number of benzene rings is 2. The molecule has 6 nitrogen and oxygen atoms in total. The number of aliphatic carboxylic acids is 1. The summed E-state index contributed by atoms with van der Waals surface area (Å²) in [7, 11) is 1.61. The molecular formula is C22H24N2O4. The molecule has 0 bridgehead atoms. The number of aromatic amines is 1. The number of rotatable bonds is 6. The van der Waals surface area contributed by atoms with Gasteiger partial charge >= 0.3 is 0 Å².